The van der Waals surface area contributed by atoms with Gasteiger partial charge in [0.2, 0.25) is 5.17 Å². The van der Waals surface area contributed by atoms with Crippen LogP contribution in [-0.2, 0) is 9.63 Å². The third kappa shape index (κ3) is 0.788. The zero-order chi connectivity index (χ0) is 6.15. The van der Waals surface area contributed by atoms with Crippen molar-refractivity contribution in [1.82, 2.24) is 0 Å². The van der Waals surface area contributed by atoms with Crippen LogP contribution in [0.2, 0.25) is 0 Å². The highest BCUT2D eigenvalue weighted by Crippen LogP contribution is 2.11. The van der Waals surface area contributed by atoms with Gasteiger partial charge in [-0.15, -0.1) is 0 Å². The molecule has 0 fully saturated rings. The quantitative estimate of drug-likeness (QED) is 0.481. The molecule has 0 spiro atoms. The minimum absolute atomic E-state index is 0.190. The van der Waals surface area contributed by atoms with Gasteiger partial charge in [-0.1, -0.05) is 28.4 Å². The maximum Gasteiger partial charge on any atom is 0.265 e. The van der Waals surface area contributed by atoms with Gasteiger partial charge >= 0.3 is 0 Å². The van der Waals surface area contributed by atoms with E-state index in [-0.39, 0.29) is 5.17 Å². The summed E-state index contributed by atoms with van der Waals surface area (Å²) in [5.41, 5.74) is -1.01. The van der Waals surface area contributed by atoms with Gasteiger partial charge in [-0.2, -0.15) is 0 Å². The van der Waals surface area contributed by atoms with Crippen molar-refractivity contribution >= 4 is 34.2 Å². The molecule has 0 aromatic carbocycles. The first-order valence-corrected chi connectivity index (χ1v) is 2.61. The molecule has 0 aliphatic carbocycles. The molecule has 1 rings (SSSR count). The Morgan fingerprint density at radius 1 is 1.75 bits per heavy atom. The van der Waals surface area contributed by atoms with Crippen LogP contribution in [0.3, 0.4) is 0 Å². The first-order chi connectivity index (χ1) is 3.72. The molecule has 3 nitrogen and oxygen atoms in total. The molecular weight excluding hydrogens is 153 g/mol. The smallest absolute Gasteiger partial charge is 0.265 e. The minimum Gasteiger partial charge on any atom is -0.366 e. The van der Waals surface area contributed by atoms with E-state index in [9.17, 15) is 4.79 Å². The van der Waals surface area contributed by atoms with E-state index in [1.807, 2.05) is 0 Å². The second-order valence-electron chi connectivity index (χ2n) is 1.17. The molecule has 0 saturated heterocycles. The largest absolute Gasteiger partial charge is 0.366 e. The number of hydrogen-bond acceptors (Lipinski definition) is 3. The van der Waals surface area contributed by atoms with Crippen LogP contribution in [0.1, 0.15) is 0 Å². The fourth-order valence-corrected chi connectivity index (χ4v) is 0.617. The van der Waals surface area contributed by atoms with Gasteiger partial charge in [-0.05, 0) is 0 Å². The van der Waals surface area contributed by atoms with E-state index in [0.29, 0.717) is 0 Å². The van der Waals surface area contributed by atoms with Crippen LogP contribution < -0.4 is 0 Å². The molecule has 0 aromatic heterocycles. The number of Topliss-reactive ketones (excluding diaryl/α,β-unsaturated/α-hetero) is 1. The van der Waals surface area contributed by atoms with E-state index in [1.165, 1.54) is 0 Å². The lowest BCUT2D eigenvalue weighted by Gasteiger charge is -1.89. The topological polar surface area (TPSA) is 38.7 Å². The number of hydrogen-bond donors (Lipinski definition) is 0. The fourth-order valence-electron chi connectivity index (χ4n) is 0.279. The van der Waals surface area contributed by atoms with Crippen molar-refractivity contribution in [3.8, 4) is 0 Å². The van der Waals surface area contributed by atoms with E-state index in [2.05, 4.69) is 9.99 Å². The summed E-state index contributed by atoms with van der Waals surface area (Å²) in [7, 11) is 0. The number of oxime groups is 1. The molecular formula is C3HCl2NO2. The molecule has 1 unspecified atom stereocenters. The molecule has 1 aliphatic rings. The summed E-state index contributed by atoms with van der Waals surface area (Å²) in [4.78, 5) is 14.6. The van der Waals surface area contributed by atoms with Gasteiger partial charge < -0.3 is 4.84 Å². The van der Waals surface area contributed by atoms with Gasteiger partial charge in [0.25, 0.3) is 11.3 Å². The van der Waals surface area contributed by atoms with Crippen molar-refractivity contribution in [3.05, 3.63) is 0 Å². The molecule has 1 aliphatic heterocycles. The molecule has 0 amide bonds. The van der Waals surface area contributed by atoms with Crippen molar-refractivity contribution in [2.45, 2.75) is 5.56 Å². The van der Waals surface area contributed by atoms with Crippen LogP contribution in [0.5, 0.6) is 0 Å². The van der Waals surface area contributed by atoms with Gasteiger partial charge in [0, 0.05) is 0 Å². The molecule has 0 N–H and O–H groups in total. The van der Waals surface area contributed by atoms with E-state index >= 15 is 0 Å². The summed E-state index contributed by atoms with van der Waals surface area (Å²) in [5.74, 6) is -0.478. The second kappa shape index (κ2) is 1.91. The molecule has 1 heterocycles. The first kappa shape index (κ1) is 5.85. The monoisotopic (exact) mass is 153 g/mol. The standard InChI is InChI=1S/C3HCl2NO2/c4-2-1(7)3(5)8-6-2/h3H. The number of carbonyl (C=O) groups excluding carboxylic acids is 1. The average Bonchev–Trinajstić information content (AvgIpc) is 1.98. The van der Waals surface area contributed by atoms with Gasteiger partial charge in [-0.25, -0.2) is 0 Å². The van der Waals surface area contributed by atoms with Crippen molar-refractivity contribution < 1.29 is 9.63 Å². The highest BCUT2D eigenvalue weighted by molar-refractivity contribution is 6.85. The second-order valence-corrected chi connectivity index (χ2v) is 1.92. The molecule has 0 saturated carbocycles. The third-order valence-electron chi connectivity index (χ3n) is 0.635. The Bertz CT molecular complexity index is 155. The molecule has 0 radical (unpaired) electrons. The summed E-state index contributed by atoms with van der Waals surface area (Å²) in [6.07, 6.45) is 0. The Morgan fingerprint density at radius 2 is 2.38 bits per heavy atom. The van der Waals surface area contributed by atoms with Crippen molar-refractivity contribution in [1.29, 1.82) is 0 Å². The predicted molar refractivity (Wildman–Crippen MR) is 29.0 cm³/mol. The van der Waals surface area contributed by atoms with Crippen LogP contribution in [0.15, 0.2) is 5.16 Å². The summed E-state index contributed by atoms with van der Waals surface area (Å²) in [5, 5.41) is 2.91. The molecule has 8 heavy (non-hydrogen) atoms. The van der Waals surface area contributed by atoms with E-state index in [0.717, 1.165) is 0 Å². The SMILES string of the molecule is O=C1C(Cl)=NOC1Cl. The van der Waals surface area contributed by atoms with Crippen molar-refractivity contribution in [2.75, 3.05) is 0 Å². The normalized spacial score (nSPS) is 27.5. The number of rotatable bonds is 0. The van der Waals surface area contributed by atoms with E-state index in [4.69, 9.17) is 23.2 Å². The maximum absolute atomic E-state index is 10.4. The molecule has 44 valence electrons. The number of halogens is 2. The first-order valence-electron chi connectivity index (χ1n) is 1.79. The lowest BCUT2D eigenvalue weighted by molar-refractivity contribution is -0.116. The summed E-state index contributed by atoms with van der Waals surface area (Å²) < 4.78 is 0. The van der Waals surface area contributed by atoms with Crippen LogP contribution in [-0.4, -0.2) is 16.5 Å². The summed E-state index contributed by atoms with van der Waals surface area (Å²) >= 11 is 10.3. The van der Waals surface area contributed by atoms with Crippen LogP contribution in [0.25, 0.3) is 0 Å². The Hall–Kier alpha value is -0.280. The Balaban J connectivity index is 2.73. The van der Waals surface area contributed by atoms with Gasteiger partial charge in [-0.3, -0.25) is 4.79 Å². The fraction of sp³-hybridized carbons (Fsp3) is 0.333. The highest BCUT2D eigenvalue weighted by Gasteiger charge is 2.27. The van der Waals surface area contributed by atoms with E-state index in [1.54, 1.807) is 0 Å². The van der Waals surface area contributed by atoms with E-state index < -0.39 is 11.3 Å². The molecule has 5 heteroatoms. The average molecular weight is 154 g/mol. The minimum atomic E-state index is -1.01. The van der Waals surface area contributed by atoms with Gasteiger partial charge in [0.15, 0.2) is 0 Å². The number of nitrogens with zero attached hydrogens (tertiary/aromatic N) is 1. The Labute approximate surface area is 55.2 Å². The third-order valence-corrected chi connectivity index (χ3v) is 1.17. The zero-order valence-corrected chi connectivity index (χ0v) is 5.11. The van der Waals surface area contributed by atoms with Crippen molar-refractivity contribution in [3.63, 3.8) is 0 Å². The Kier molecular flexibility index (Phi) is 1.40. The van der Waals surface area contributed by atoms with Crippen LogP contribution in [0.4, 0.5) is 0 Å². The molecule has 0 bridgehead atoms. The summed E-state index contributed by atoms with van der Waals surface area (Å²) in [6, 6.07) is 0. The Morgan fingerprint density at radius 3 is 2.50 bits per heavy atom. The maximum atomic E-state index is 10.4. The highest BCUT2D eigenvalue weighted by atomic mass is 35.5. The number of alkyl halides is 1. The molecule has 1 atom stereocenters. The zero-order valence-electron chi connectivity index (χ0n) is 3.60. The predicted octanol–water partition coefficient (Wildman–Crippen LogP) is 0.703. The van der Waals surface area contributed by atoms with Gasteiger partial charge in [0.1, 0.15) is 0 Å². The lowest BCUT2D eigenvalue weighted by atomic mass is 10.5. The van der Waals surface area contributed by atoms with Gasteiger partial charge in [0.05, 0.1) is 0 Å². The van der Waals surface area contributed by atoms with Crippen LogP contribution in [0, 0.1) is 0 Å². The molecule has 0 aromatic rings. The summed E-state index contributed by atoms with van der Waals surface area (Å²) in [6.45, 7) is 0. The lowest BCUT2D eigenvalue weighted by Crippen LogP contribution is -2.13. The number of ketones is 1. The number of carbonyl (C=O) groups is 1. The van der Waals surface area contributed by atoms with Crippen LogP contribution >= 0.6 is 23.2 Å². The van der Waals surface area contributed by atoms with Crippen molar-refractivity contribution in [2.24, 2.45) is 5.16 Å².